The van der Waals surface area contributed by atoms with Gasteiger partial charge in [0.05, 0.1) is 12.7 Å². The zero-order chi connectivity index (χ0) is 21.1. The second-order valence-electron chi connectivity index (χ2n) is 6.26. The maximum absolute atomic E-state index is 12.5. The van der Waals surface area contributed by atoms with Gasteiger partial charge in [0.25, 0.3) is 5.91 Å². The van der Waals surface area contributed by atoms with Crippen molar-refractivity contribution in [3.63, 3.8) is 0 Å². The van der Waals surface area contributed by atoms with E-state index in [1.807, 2.05) is 31.2 Å². The molecule has 0 saturated heterocycles. The number of carbonyl (C=O) groups excluding carboxylic acids is 1. The van der Waals surface area contributed by atoms with Crippen molar-refractivity contribution in [2.75, 3.05) is 12.4 Å². The zero-order valence-electron chi connectivity index (χ0n) is 16.2. The number of aryl methyl sites for hydroxylation is 1. The molecule has 0 saturated carbocycles. The summed E-state index contributed by atoms with van der Waals surface area (Å²) in [5.41, 5.74) is 2.06. The quantitative estimate of drug-likeness (QED) is 0.460. The molecule has 0 aliphatic heterocycles. The van der Waals surface area contributed by atoms with Gasteiger partial charge in [-0.15, -0.1) is 10.2 Å². The predicted molar refractivity (Wildman–Crippen MR) is 120 cm³/mol. The molecular formula is C20H18N6O2S2. The Morgan fingerprint density at radius 3 is 2.83 bits per heavy atom. The number of methoxy groups -OCH3 is 1. The number of amides is 1. The Morgan fingerprint density at radius 2 is 2.03 bits per heavy atom. The van der Waals surface area contributed by atoms with Crippen LogP contribution in [0.4, 0.5) is 5.69 Å². The number of thiocarbonyl (C=S) groups is 1. The predicted octanol–water partition coefficient (Wildman–Crippen LogP) is 3.55. The Balaban J connectivity index is 1.49. The number of para-hydroxylation sites is 1. The molecule has 0 spiro atoms. The third kappa shape index (κ3) is 4.00. The minimum atomic E-state index is -0.346. The number of anilines is 1. The number of hydrogen-bond acceptors (Lipinski definition) is 7. The smallest absolute Gasteiger partial charge is 0.261 e. The SMILES string of the molecule is CCc1nnc2sc(-c3cccc(NC(=S)NC(=O)c4ccccc4OC)c3)nn12. The second kappa shape index (κ2) is 8.56. The molecule has 0 fully saturated rings. The molecule has 8 nitrogen and oxygen atoms in total. The van der Waals surface area contributed by atoms with Gasteiger partial charge in [-0.05, 0) is 36.5 Å². The van der Waals surface area contributed by atoms with Crippen molar-refractivity contribution in [1.82, 2.24) is 25.1 Å². The van der Waals surface area contributed by atoms with E-state index in [9.17, 15) is 4.79 Å². The third-order valence-corrected chi connectivity index (χ3v) is 5.47. The Morgan fingerprint density at radius 1 is 1.20 bits per heavy atom. The largest absolute Gasteiger partial charge is 0.496 e. The van der Waals surface area contributed by atoms with Crippen molar-refractivity contribution in [1.29, 1.82) is 0 Å². The van der Waals surface area contributed by atoms with Crippen LogP contribution in [0.2, 0.25) is 0 Å². The van der Waals surface area contributed by atoms with Crippen LogP contribution in [0.5, 0.6) is 5.75 Å². The number of rotatable bonds is 5. The fraction of sp³-hybridized carbons (Fsp3) is 0.150. The van der Waals surface area contributed by atoms with E-state index >= 15 is 0 Å². The van der Waals surface area contributed by atoms with Crippen LogP contribution in [0.15, 0.2) is 48.5 Å². The number of nitrogens with zero attached hydrogens (tertiary/aromatic N) is 4. The van der Waals surface area contributed by atoms with E-state index in [0.717, 1.165) is 33.5 Å². The summed E-state index contributed by atoms with van der Waals surface area (Å²) in [7, 11) is 1.52. The first-order valence-corrected chi connectivity index (χ1v) is 10.4. The van der Waals surface area contributed by atoms with E-state index in [1.165, 1.54) is 18.4 Å². The molecule has 4 aromatic rings. The number of ether oxygens (including phenoxy) is 1. The highest BCUT2D eigenvalue weighted by molar-refractivity contribution is 7.80. The molecule has 152 valence electrons. The Hall–Kier alpha value is -3.37. The fourth-order valence-electron chi connectivity index (χ4n) is 2.89. The van der Waals surface area contributed by atoms with Crippen LogP contribution in [-0.4, -0.2) is 37.9 Å². The molecule has 4 rings (SSSR count). The first-order chi connectivity index (χ1) is 14.6. The molecule has 10 heteroatoms. The van der Waals surface area contributed by atoms with Gasteiger partial charge in [-0.1, -0.05) is 42.5 Å². The van der Waals surface area contributed by atoms with E-state index in [0.29, 0.717) is 11.3 Å². The van der Waals surface area contributed by atoms with Crippen molar-refractivity contribution in [3.8, 4) is 16.3 Å². The molecule has 0 aliphatic carbocycles. The standard InChI is InChI=1S/C20H18N6O2S2/c1-3-16-23-24-20-26(16)25-18(30-20)12-7-6-8-13(11-12)21-19(29)22-17(27)14-9-4-5-10-15(14)28-2/h4-11H,3H2,1-2H3,(H2,21,22,27,29). The number of carbonyl (C=O) groups is 1. The molecule has 30 heavy (non-hydrogen) atoms. The molecule has 2 N–H and O–H groups in total. The van der Waals surface area contributed by atoms with E-state index < -0.39 is 0 Å². The number of benzene rings is 2. The topological polar surface area (TPSA) is 93.4 Å². The summed E-state index contributed by atoms with van der Waals surface area (Å²) in [5, 5.41) is 19.6. The Labute approximate surface area is 181 Å². The molecule has 2 aromatic heterocycles. The highest BCUT2D eigenvalue weighted by Gasteiger charge is 2.14. The second-order valence-corrected chi connectivity index (χ2v) is 7.62. The molecule has 0 atom stereocenters. The van der Waals surface area contributed by atoms with E-state index in [2.05, 4.69) is 25.9 Å². The van der Waals surface area contributed by atoms with Crippen molar-refractivity contribution >= 4 is 45.2 Å². The first-order valence-electron chi connectivity index (χ1n) is 9.16. The van der Waals surface area contributed by atoms with E-state index in [1.54, 1.807) is 28.8 Å². The fourth-order valence-corrected chi connectivity index (χ4v) is 3.95. The summed E-state index contributed by atoms with van der Waals surface area (Å²) in [5.74, 6) is 0.957. The highest BCUT2D eigenvalue weighted by atomic mass is 32.1. The molecule has 0 aliphatic rings. The van der Waals surface area contributed by atoms with Gasteiger partial charge in [-0.3, -0.25) is 10.1 Å². The normalized spacial score (nSPS) is 10.7. The summed E-state index contributed by atoms with van der Waals surface area (Å²) in [6.07, 6.45) is 0.756. The Kier molecular flexibility index (Phi) is 5.68. The van der Waals surface area contributed by atoms with Crippen molar-refractivity contribution in [3.05, 3.63) is 59.9 Å². The van der Waals surface area contributed by atoms with Crippen LogP contribution >= 0.6 is 23.6 Å². The molecule has 2 heterocycles. The van der Waals surface area contributed by atoms with Crippen molar-refractivity contribution < 1.29 is 9.53 Å². The summed E-state index contributed by atoms with van der Waals surface area (Å²) < 4.78 is 6.99. The van der Waals surface area contributed by atoms with Gasteiger partial charge in [-0.25, -0.2) is 0 Å². The van der Waals surface area contributed by atoms with Gasteiger partial charge in [0.2, 0.25) is 4.96 Å². The van der Waals surface area contributed by atoms with Gasteiger partial charge in [0, 0.05) is 17.7 Å². The molecule has 0 unspecified atom stereocenters. The van der Waals surface area contributed by atoms with Crippen LogP contribution in [0.1, 0.15) is 23.1 Å². The van der Waals surface area contributed by atoms with E-state index in [-0.39, 0.29) is 11.0 Å². The lowest BCUT2D eigenvalue weighted by atomic mass is 10.2. The maximum Gasteiger partial charge on any atom is 0.261 e. The average molecular weight is 439 g/mol. The summed E-state index contributed by atoms with van der Waals surface area (Å²) in [6, 6.07) is 14.6. The lowest BCUT2D eigenvalue weighted by Crippen LogP contribution is -2.34. The van der Waals surface area contributed by atoms with Gasteiger partial charge in [0.1, 0.15) is 10.8 Å². The third-order valence-electron chi connectivity index (χ3n) is 4.32. The molecule has 0 bridgehead atoms. The van der Waals surface area contributed by atoms with E-state index in [4.69, 9.17) is 17.0 Å². The van der Waals surface area contributed by atoms with Crippen LogP contribution in [-0.2, 0) is 6.42 Å². The molecular weight excluding hydrogens is 420 g/mol. The monoisotopic (exact) mass is 438 g/mol. The molecule has 2 aromatic carbocycles. The van der Waals surface area contributed by atoms with Gasteiger partial charge >= 0.3 is 0 Å². The minimum Gasteiger partial charge on any atom is -0.496 e. The van der Waals surface area contributed by atoms with Crippen LogP contribution in [0.25, 0.3) is 15.5 Å². The minimum absolute atomic E-state index is 0.189. The van der Waals surface area contributed by atoms with Crippen LogP contribution in [0.3, 0.4) is 0 Å². The zero-order valence-corrected chi connectivity index (χ0v) is 17.9. The number of fused-ring (bicyclic) bond motifs is 1. The lowest BCUT2D eigenvalue weighted by Gasteiger charge is -2.12. The summed E-state index contributed by atoms with van der Waals surface area (Å²) in [4.78, 5) is 13.3. The van der Waals surface area contributed by atoms with Crippen LogP contribution < -0.4 is 15.4 Å². The molecule has 0 radical (unpaired) electrons. The number of hydrogen-bond donors (Lipinski definition) is 2. The summed E-state index contributed by atoms with van der Waals surface area (Å²) in [6.45, 7) is 2.01. The van der Waals surface area contributed by atoms with Crippen LogP contribution in [0, 0.1) is 0 Å². The Bertz CT molecular complexity index is 1230. The van der Waals surface area contributed by atoms with Gasteiger partial charge in [-0.2, -0.15) is 9.61 Å². The van der Waals surface area contributed by atoms with Gasteiger partial charge < -0.3 is 10.1 Å². The first kappa shape index (κ1) is 19.9. The lowest BCUT2D eigenvalue weighted by molar-refractivity contribution is 0.0975. The molecule has 1 amide bonds. The number of aromatic nitrogens is 4. The highest BCUT2D eigenvalue weighted by Crippen LogP contribution is 2.27. The average Bonchev–Trinajstić information content (AvgIpc) is 3.34. The van der Waals surface area contributed by atoms with Crippen molar-refractivity contribution in [2.45, 2.75) is 13.3 Å². The maximum atomic E-state index is 12.5. The number of nitrogens with one attached hydrogen (secondary N) is 2. The van der Waals surface area contributed by atoms with Gasteiger partial charge in [0.15, 0.2) is 10.9 Å². The van der Waals surface area contributed by atoms with Crippen molar-refractivity contribution in [2.24, 2.45) is 0 Å². The summed E-state index contributed by atoms with van der Waals surface area (Å²) >= 11 is 6.76.